The maximum absolute atomic E-state index is 4.55. The van der Waals surface area contributed by atoms with Crippen molar-refractivity contribution >= 4 is 10.9 Å². The van der Waals surface area contributed by atoms with Gasteiger partial charge >= 0.3 is 0 Å². The van der Waals surface area contributed by atoms with E-state index in [1.54, 1.807) is 0 Å². The zero-order valence-corrected chi connectivity index (χ0v) is 10.9. The maximum atomic E-state index is 4.55. The smallest absolute Gasteiger partial charge is 0.0749 e. The van der Waals surface area contributed by atoms with Crippen molar-refractivity contribution in [3.05, 3.63) is 42.1 Å². The fraction of sp³-hybridized carbons (Fsp3) is 0.438. The summed E-state index contributed by atoms with van der Waals surface area (Å²) < 4.78 is 0. The van der Waals surface area contributed by atoms with Crippen LogP contribution in [-0.2, 0) is 0 Å². The number of nitrogens with one attached hydrogen (secondary N) is 1. The largest absolute Gasteiger partial charge is 0.313 e. The van der Waals surface area contributed by atoms with Crippen LogP contribution in [0.4, 0.5) is 0 Å². The van der Waals surface area contributed by atoms with Crippen LogP contribution >= 0.6 is 0 Å². The summed E-state index contributed by atoms with van der Waals surface area (Å²) in [5.41, 5.74) is 2.49. The van der Waals surface area contributed by atoms with E-state index in [4.69, 9.17) is 0 Å². The summed E-state index contributed by atoms with van der Waals surface area (Å²) >= 11 is 0. The Morgan fingerprint density at radius 2 is 2.11 bits per heavy atom. The van der Waals surface area contributed by atoms with Gasteiger partial charge in [0.1, 0.15) is 0 Å². The second-order valence-electron chi connectivity index (χ2n) is 5.28. The predicted octanol–water partition coefficient (Wildman–Crippen LogP) is 3.69. The lowest BCUT2D eigenvalue weighted by Gasteiger charge is -2.18. The Bertz CT molecular complexity index is 526. The molecule has 1 aromatic heterocycles. The van der Waals surface area contributed by atoms with Gasteiger partial charge in [-0.1, -0.05) is 37.1 Å². The number of pyridine rings is 1. The normalized spacial score (nSPS) is 16.9. The number of rotatable bonds is 5. The van der Waals surface area contributed by atoms with Crippen molar-refractivity contribution in [1.82, 2.24) is 10.3 Å². The molecule has 18 heavy (non-hydrogen) atoms. The Hall–Kier alpha value is -1.41. The van der Waals surface area contributed by atoms with Crippen LogP contribution in [0.25, 0.3) is 10.9 Å². The van der Waals surface area contributed by atoms with Crippen molar-refractivity contribution in [3.63, 3.8) is 0 Å². The SMILES string of the molecule is CNC(CCC1CC1)c1cccc2cccnc12. The van der Waals surface area contributed by atoms with Crippen LogP contribution in [-0.4, -0.2) is 12.0 Å². The molecule has 1 unspecified atom stereocenters. The number of para-hydroxylation sites is 1. The molecule has 94 valence electrons. The lowest BCUT2D eigenvalue weighted by Crippen LogP contribution is -2.17. The zero-order chi connectivity index (χ0) is 12.4. The molecule has 1 aromatic carbocycles. The molecule has 0 saturated heterocycles. The molecule has 0 spiro atoms. The molecule has 1 saturated carbocycles. The quantitative estimate of drug-likeness (QED) is 0.862. The van der Waals surface area contributed by atoms with Gasteiger partial charge in [-0.3, -0.25) is 4.98 Å². The Balaban J connectivity index is 1.89. The van der Waals surface area contributed by atoms with E-state index >= 15 is 0 Å². The maximum Gasteiger partial charge on any atom is 0.0749 e. The summed E-state index contributed by atoms with van der Waals surface area (Å²) in [6.45, 7) is 0. The Labute approximate surface area is 108 Å². The van der Waals surface area contributed by atoms with Crippen LogP contribution in [0.5, 0.6) is 0 Å². The number of benzene rings is 1. The lowest BCUT2D eigenvalue weighted by molar-refractivity contribution is 0.508. The third-order valence-corrected chi connectivity index (χ3v) is 3.95. The third kappa shape index (κ3) is 2.39. The van der Waals surface area contributed by atoms with E-state index in [-0.39, 0.29) is 0 Å². The minimum atomic E-state index is 0.434. The van der Waals surface area contributed by atoms with Gasteiger partial charge in [0.25, 0.3) is 0 Å². The molecule has 1 aliphatic rings. The van der Waals surface area contributed by atoms with Crippen molar-refractivity contribution in [2.24, 2.45) is 5.92 Å². The second-order valence-corrected chi connectivity index (χ2v) is 5.28. The molecule has 1 heterocycles. The average molecular weight is 240 g/mol. The summed E-state index contributed by atoms with van der Waals surface area (Å²) in [4.78, 5) is 4.55. The number of nitrogens with zero attached hydrogens (tertiary/aromatic N) is 1. The highest BCUT2D eigenvalue weighted by Gasteiger charge is 2.23. The van der Waals surface area contributed by atoms with E-state index in [2.05, 4.69) is 41.6 Å². The van der Waals surface area contributed by atoms with E-state index < -0.39 is 0 Å². The molecule has 2 aromatic rings. The molecule has 1 fully saturated rings. The summed E-state index contributed by atoms with van der Waals surface area (Å²) in [7, 11) is 2.05. The molecule has 0 amide bonds. The first-order valence-electron chi connectivity index (χ1n) is 6.89. The van der Waals surface area contributed by atoms with Gasteiger partial charge in [-0.25, -0.2) is 0 Å². The Kier molecular flexibility index (Phi) is 3.28. The first-order valence-corrected chi connectivity index (χ1v) is 6.89. The first kappa shape index (κ1) is 11.7. The van der Waals surface area contributed by atoms with Gasteiger partial charge in [0, 0.05) is 17.6 Å². The highest BCUT2D eigenvalue weighted by molar-refractivity contribution is 5.81. The molecule has 0 bridgehead atoms. The van der Waals surface area contributed by atoms with Gasteiger partial charge in [-0.15, -0.1) is 0 Å². The van der Waals surface area contributed by atoms with Crippen molar-refractivity contribution < 1.29 is 0 Å². The summed E-state index contributed by atoms with van der Waals surface area (Å²) in [5, 5.41) is 4.69. The first-order chi connectivity index (χ1) is 8.88. The molecular weight excluding hydrogens is 220 g/mol. The number of hydrogen-bond acceptors (Lipinski definition) is 2. The fourth-order valence-electron chi connectivity index (χ4n) is 2.67. The Morgan fingerprint density at radius 3 is 2.89 bits per heavy atom. The van der Waals surface area contributed by atoms with Gasteiger partial charge in [-0.05, 0) is 37.4 Å². The topological polar surface area (TPSA) is 24.9 Å². The van der Waals surface area contributed by atoms with Gasteiger partial charge < -0.3 is 5.32 Å². The van der Waals surface area contributed by atoms with Crippen LogP contribution in [0.3, 0.4) is 0 Å². The standard InChI is InChI=1S/C16H20N2/c1-17-15(10-9-12-7-8-12)14-6-2-4-13-5-3-11-18-16(13)14/h2-6,11-12,15,17H,7-10H2,1H3. The summed E-state index contributed by atoms with van der Waals surface area (Å²) in [6.07, 6.45) is 7.32. The van der Waals surface area contributed by atoms with Crippen LogP contribution in [0.2, 0.25) is 0 Å². The number of aromatic nitrogens is 1. The molecule has 1 N–H and O–H groups in total. The minimum Gasteiger partial charge on any atom is -0.313 e. The van der Waals surface area contributed by atoms with Gasteiger partial charge in [0.05, 0.1) is 5.52 Å². The number of hydrogen-bond donors (Lipinski definition) is 1. The van der Waals surface area contributed by atoms with E-state index in [1.807, 2.05) is 12.3 Å². The average Bonchev–Trinajstić information content (AvgIpc) is 3.24. The lowest BCUT2D eigenvalue weighted by atomic mass is 9.98. The van der Waals surface area contributed by atoms with Crippen LogP contribution < -0.4 is 5.32 Å². The summed E-state index contributed by atoms with van der Waals surface area (Å²) in [5.74, 6) is 0.990. The van der Waals surface area contributed by atoms with E-state index in [9.17, 15) is 0 Å². The molecule has 3 rings (SSSR count). The van der Waals surface area contributed by atoms with E-state index in [0.29, 0.717) is 6.04 Å². The van der Waals surface area contributed by atoms with Crippen molar-refractivity contribution in [2.75, 3.05) is 7.05 Å². The minimum absolute atomic E-state index is 0.434. The van der Waals surface area contributed by atoms with Crippen molar-refractivity contribution in [2.45, 2.75) is 31.7 Å². The molecule has 2 heteroatoms. The predicted molar refractivity (Wildman–Crippen MR) is 75.5 cm³/mol. The molecule has 2 nitrogen and oxygen atoms in total. The van der Waals surface area contributed by atoms with Crippen LogP contribution in [0, 0.1) is 5.92 Å². The van der Waals surface area contributed by atoms with E-state index in [0.717, 1.165) is 11.4 Å². The Morgan fingerprint density at radius 1 is 1.28 bits per heavy atom. The molecule has 1 atom stereocenters. The van der Waals surface area contributed by atoms with Crippen molar-refractivity contribution in [3.8, 4) is 0 Å². The zero-order valence-electron chi connectivity index (χ0n) is 10.9. The molecule has 0 aliphatic heterocycles. The summed E-state index contributed by atoms with van der Waals surface area (Å²) in [6, 6.07) is 11.1. The third-order valence-electron chi connectivity index (χ3n) is 3.95. The van der Waals surface area contributed by atoms with Gasteiger partial charge in [0.15, 0.2) is 0 Å². The highest BCUT2D eigenvalue weighted by atomic mass is 14.9. The fourth-order valence-corrected chi connectivity index (χ4v) is 2.67. The molecular formula is C16H20N2. The van der Waals surface area contributed by atoms with Gasteiger partial charge in [-0.2, -0.15) is 0 Å². The van der Waals surface area contributed by atoms with Crippen LogP contribution in [0.1, 0.15) is 37.3 Å². The van der Waals surface area contributed by atoms with E-state index in [1.165, 1.54) is 36.6 Å². The number of fused-ring (bicyclic) bond motifs is 1. The second kappa shape index (κ2) is 5.07. The van der Waals surface area contributed by atoms with Crippen molar-refractivity contribution in [1.29, 1.82) is 0 Å². The van der Waals surface area contributed by atoms with Crippen LogP contribution in [0.15, 0.2) is 36.5 Å². The highest BCUT2D eigenvalue weighted by Crippen LogP contribution is 2.36. The molecule has 1 aliphatic carbocycles. The molecule has 0 radical (unpaired) electrons. The van der Waals surface area contributed by atoms with Gasteiger partial charge in [0.2, 0.25) is 0 Å². The monoisotopic (exact) mass is 240 g/mol.